The van der Waals surface area contributed by atoms with Gasteiger partial charge in [-0.2, -0.15) is 0 Å². The van der Waals surface area contributed by atoms with Crippen molar-refractivity contribution < 1.29 is 19.1 Å². The molecule has 0 aliphatic carbocycles. The third-order valence-corrected chi connectivity index (χ3v) is 5.70. The number of nitrogens with zero attached hydrogens (tertiary/aromatic N) is 2. The number of aromatic amines is 1. The first-order valence-electron chi connectivity index (χ1n) is 11.7. The largest absolute Gasteiger partial charge is 0.496 e. The number of H-pyrrole nitrogens is 1. The molecule has 0 saturated carbocycles. The average molecular weight is 487 g/mol. The van der Waals surface area contributed by atoms with Crippen molar-refractivity contribution in [1.82, 2.24) is 14.9 Å². The molecule has 36 heavy (non-hydrogen) atoms. The minimum atomic E-state index is -0.596. The number of rotatable bonds is 7. The number of methoxy groups -OCH3 is 1. The Hall–Kier alpha value is -4.33. The van der Waals surface area contributed by atoms with E-state index in [4.69, 9.17) is 9.47 Å². The number of aromatic nitrogens is 2. The topological polar surface area (TPSA) is 96.5 Å². The quantitative estimate of drug-likeness (QED) is 0.344. The maximum absolute atomic E-state index is 13.0. The number of ether oxygens (including phenoxy) is 2. The van der Waals surface area contributed by atoms with Crippen molar-refractivity contribution in [3.63, 3.8) is 0 Å². The van der Waals surface area contributed by atoms with E-state index in [1.165, 1.54) is 4.90 Å². The van der Waals surface area contributed by atoms with Gasteiger partial charge in [-0.15, -0.1) is 0 Å². The first-order valence-corrected chi connectivity index (χ1v) is 11.7. The zero-order chi connectivity index (χ0) is 25.8. The van der Waals surface area contributed by atoms with Crippen LogP contribution in [0.25, 0.3) is 33.3 Å². The van der Waals surface area contributed by atoms with Crippen LogP contribution < -0.4 is 10.1 Å². The standard InChI is InChI=1S/C28H30N4O4/c1-17(2)16-36-28(34)31-24-11-10-18(12-22(24)27(33)32(3)4)19-13-21-23(15-30-26(21)29-14-19)20-8-6-7-9-25(20)35-5/h6-15,17H,16H2,1-5H3,(H,29,30)(H,31,34). The van der Waals surface area contributed by atoms with E-state index in [1.54, 1.807) is 39.5 Å². The van der Waals surface area contributed by atoms with Crippen molar-refractivity contribution in [3.8, 4) is 28.0 Å². The van der Waals surface area contributed by atoms with E-state index in [1.807, 2.05) is 56.4 Å². The molecule has 0 spiro atoms. The lowest BCUT2D eigenvalue weighted by Gasteiger charge is -2.16. The number of anilines is 1. The molecule has 0 aliphatic rings. The number of amides is 2. The number of hydrogen-bond donors (Lipinski definition) is 2. The lowest BCUT2D eigenvalue weighted by atomic mass is 9.99. The van der Waals surface area contributed by atoms with E-state index in [9.17, 15) is 9.59 Å². The van der Waals surface area contributed by atoms with Crippen LogP contribution in [0.5, 0.6) is 5.75 Å². The van der Waals surface area contributed by atoms with E-state index in [-0.39, 0.29) is 18.4 Å². The van der Waals surface area contributed by atoms with Crippen LogP contribution in [0.2, 0.25) is 0 Å². The predicted octanol–water partition coefficient (Wildman–Crippen LogP) is 5.81. The second-order valence-corrected chi connectivity index (χ2v) is 9.10. The Bertz CT molecular complexity index is 1410. The number of carbonyl (C=O) groups is 2. The van der Waals surface area contributed by atoms with E-state index < -0.39 is 6.09 Å². The Morgan fingerprint density at radius 3 is 2.56 bits per heavy atom. The smallest absolute Gasteiger partial charge is 0.411 e. The van der Waals surface area contributed by atoms with Gasteiger partial charge >= 0.3 is 6.09 Å². The molecule has 0 fully saturated rings. The van der Waals surface area contributed by atoms with Gasteiger partial charge in [0.1, 0.15) is 11.4 Å². The Morgan fingerprint density at radius 1 is 1.06 bits per heavy atom. The van der Waals surface area contributed by atoms with Crippen molar-refractivity contribution in [2.75, 3.05) is 33.1 Å². The molecule has 4 aromatic rings. The summed E-state index contributed by atoms with van der Waals surface area (Å²) in [7, 11) is 4.99. The second kappa shape index (κ2) is 10.5. The fourth-order valence-corrected chi connectivity index (χ4v) is 3.89. The van der Waals surface area contributed by atoms with Gasteiger partial charge in [-0.05, 0) is 35.7 Å². The number of hydrogen-bond acceptors (Lipinski definition) is 5. The molecule has 8 heteroatoms. The SMILES string of the molecule is COc1ccccc1-c1c[nH]c2ncc(-c3ccc(NC(=O)OCC(C)C)c(C(=O)N(C)C)c3)cc12. The summed E-state index contributed by atoms with van der Waals surface area (Å²) in [6, 6.07) is 15.2. The van der Waals surface area contributed by atoms with E-state index in [0.29, 0.717) is 11.3 Å². The first-order chi connectivity index (χ1) is 17.3. The Morgan fingerprint density at radius 2 is 1.83 bits per heavy atom. The van der Waals surface area contributed by atoms with Gasteiger partial charge in [0.05, 0.1) is 25.0 Å². The summed E-state index contributed by atoms with van der Waals surface area (Å²) in [5, 5.41) is 3.63. The third-order valence-electron chi connectivity index (χ3n) is 5.70. The highest BCUT2D eigenvalue weighted by Gasteiger charge is 2.18. The molecule has 2 aromatic carbocycles. The lowest BCUT2D eigenvalue weighted by Crippen LogP contribution is -2.24. The molecule has 4 rings (SSSR count). The molecular weight excluding hydrogens is 456 g/mol. The van der Waals surface area contributed by atoms with Gasteiger partial charge in [0, 0.05) is 48.6 Å². The Kier molecular flexibility index (Phi) is 7.24. The highest BCUT2D eigenvalue weighted by Crippen LogP contribution is 2.36. The maximum atomic E-state index is 13.0. The minimum Gasteiger partial charge on any atom is -0.496 e. The van der Waals surface area contributed by atoms with E-state index in [2.05, 4.69) is 15.3 Å². The van der Waals surface area contributed by atoms with Crippen molar-refractivity contribution >= 4 is 28.7 Å². The maximum Gasteiger partial charge on any atom is 0.411 e. The van der Waals surface area contributed by atoms with Crippen molar-refractivity contribution in [3.05, 3.63) is 66.5 Å². The summed E-state index contributed by atoms with van der Waals surface area (Å²) in [5.74, 6) is 0.737. The van der Waals surface area contributed by atoms with E-state index in [0.717, 1.165) is 39.0 Å². The van der Waals surface area contributed by atoms with Crippen LogP contribution in [0.4, 0.5) is 10.5 Å². The van der Waals surface area contributed by atoms with Gasteiger partial charge in [-0.25, -0.2) is 9.78 Å². The van der Waals surface area contributed by atoms with Crippen molar-refractivity contribution in [1.29, 1.82) is 0 Å². The van der Waals surface area contributed by atoms with Gasteiger partial charge < -0.3 is 19.4 Å². The average Bonchev–Trinajstić information content (AvgIpc) is 3.30. The van der Waals surface area contributed by atoms with Crippen LogP contribution in [0.1, 0.15) is 24.2 Å². The fourth-order valence-electron chi connectivity index (χ4n) is 3.89. The molecule has 2 heterocycles. The molecule has 2 N–H and O–H groups in total. The molecule has 0 aliphatic heterocycles. The fraction of sp³-hybridized carbons (Fsp3) is 0.250. The molecule has 2 amide bonds. The van der Waals surface area contributed by atoms with Crippen molar-refractivity contribution in [2.24, 2.45) is 5.92 Å². The lowest BCUT2D eigenvalue weighted by molar-refractivity contribution is 0.0828. The van der Waals surface area contributed by atoms with Gasteiger partial charge in [0.25, 0.3) is 5.91 Å². The van der Waals surface area contributed by atoms with Crippen molar-refractivity contribution in [2.45, 2.75) is 13.8 Å². The normalized spacial score (nSPS) is 10.9. The predicted molar refractivity (Wildman–Crippen MR) is 141 cm³/mol. The second-order valence-electron chi connectivity index (χ2n) is 9.10. The first kappa shape index (κ1) is 24.8. The summed E-state index contributed by atoms with van der Waals surface area (Å²) in [5.41, 5.74) is 5.04. The number of pyridine rings is 1. The van der Waals surface area contributed by atoms with Crippen LogP contribution in [-0.2, 0) is 4.74 Å². The van der Waals surface area contributed by atoms with Crippen LogP contribution in [-0.4, -0.2) is 54.7 Å². The summed E-state index contributed by atoms with van der Waals surface area (Å²) < 4.78 is 10.8. The van der Waals surface area contributed by atoms with Crippen LogP contribution in [0.15, 0.2) is 60.9 Å². The molecule has 186 valence electrons. The van der Waals surface area contributed by atoms with Gasteiger partial charge in [-0.3, -0.25) is 10.1 Å². The Balaban J connectivity index is 1.74. The molecule has 0 unspecified atom stereocenters. The highest BCUT2D eigenvalue weighted by molar-refractivity contribution is 6.04. The minimum absolute atomic E-state index is 0.206. The van der Waals surface area contributed by atoms with Gasteiger partial charge in [-0.1, -0.05) is 38.1 Å². The van der Waals surface area contributed by atoms with E-state index >= 15 is 0 Å². The number of para-hydroxylation sites is 1. The monoisotopic (exact) mass is 486 g/mol. The van der Waals surface area contributed by atoms with Crippen LogP contribution >= 0.6 is 0 Å². The molecule has 8 nitrogen and oxygen atoms in total. The number of nitrogens with one attached hydrogen (secondary N) is 2. The van der Waals surface area contributed by atoms with Crippen LogP contribution in [0, 0.1) is 5.92 Å². The zero-order valence-corrected chi connectivity index (χ0v) is 21.1. The summed E-state index contributed by atoms with van der Waals surface area (Å²) in [6.45, 7) is 4.20. The molecule has 0 radical (unpaired) electrons. The summed E-state index contributed by atoms with van der Waals surface area (Å²) in [6.07, 6.45) is 3.07. The van der Waals surface area contributed by atoms with Crippen LogP contribution in [0.3, 0.4) is 0 Å². The Labute approximate surface area is 210 Å². The summed E-state index contributed by atoms with van der Waals surface area (Å²) >= 11 is 0. The van der Waals surface area contributed by atoms with Gasteiger partial charge in [0.2, 0.25) is 0 Å². The highest BCUT2D eigenvalue weighted by atomic mass is 16.5. The number of carbonyl (C=O) groups excluding carboxylic acids is 2. The van der Waals surface area contributed by atoms with Gasteiger partial charge in [0.15, 0.2) is 0 Å². The zero-order valence-electron chi connectivity index (χ0n) is 21.1. The summed E-state index contributed by atoms with van der Waals surface area (Å²) in [4.78, 5) is 34.5. The molecule has 0 saturated heterocycles. The molecule has 0 atom stereocenters. The number of benzene rings is 2. The molecule has 0 bridgehead atoms. The molecule has 2 aromatic heterocycles. The third kappa shape index (κ3) is 5.17. The number of fused-ring (bicyclic) bond motifs is 1. The molecular formula is C28H30N4O4.